The Kier molecular flexibility index (Phi) is 5.67. The van der Waals surface area contributed by atoms with E-state index in [1.165, 1.54) is 28.9 Å². The van der Waals surface area contributed by atoms with Crippen LogP contribution in [0.3, 0.4) is 0 Å². The van der Waals surface area contributed by atoms with Crippen molar-refractivity contribution in [3.63, 3.8) is 0 Å². The molecule has 0 aliphatic heterocycles. The van der Waals surface area contributed by atoms with Gasteiger partial charge in [-0.2, -0.15) is 18.3 Å². The van der Waals surface area contributed by atoms with Gasteiger partial charge >= 0.3 is 6.18 Å². The average molecular weight is 428 g/mol. The summed E-state index contributed by atoms with van der Waals surface area (Å²) in [5.41, 5.74) is -0.0157. The Hall–Kier alpha value is -2.51. The van der Waals surface area contributed by atoms with Crippen molar-refractivity contribution < 1.29 is 18.0 Å². The van der Waals surface area contributed by atoms with Gasteiger partial charge in [0.1, 0.15) is 0 Å². The molecule has 0 unspecified atom stereocenters. The van der Waals surface area contributed by atoms with E-state index < -0.39 is 17.6 Å². The van der Waals surface area contributed by atoms with E-state index in [4.69, 9.17) is 23.2 Å². The number of benzene rings is 2. The molecule has 2 aromatic carbocycles. The van der Waals surface area contributed by atoms with Crippen LogP contribution in [0.5, 0.6) is 0 Å². The number of nitrogens with one attached hydrogen (secondary N) is 1. The van der Waals surface area contributed by atoms with Gasteiger partial charge in [-0.05, 0) is 37.3 Å². The number of hydrogen-bond donors (Lipinski definition) is 1. The molecule has 3 aromatic rings. The second-order valence-corrected chi connectivity index (χ2v) is 6.84. The summed E-state index contributed by atoms with van der Waals surface area (Å²) < 4.78 is 40.8. The zero-order chi connectivity index (χ0) is 20.5. The number of alkyl halides is 3. The van der Waals surface area contributed by atoms with E-state index in [0.29, 0.717) is 21.3 Å². The monoisotopic (exact) mass is 427 g/mol. The molecule has 146 valence electrons. The molecule has 0 atom stereocenters. The lowest BCUT2D eigenvalue weighted by molar-refractivity contribution is -0.136. The largest absolute Gasteiger partial charge is 0.418 e. The van der Waals surface area contributed by atoms with Gasteiger partial charge in [0.25, 0.3) is 5.91 Å². The highest BCUT2D eigenvalue weighted by Crippen LogP contribution is 2.34. The zero-order valence-electron chi connectivity index (χ0n) is 14.5. The fourth-order valence-corrected chi connectivity index (χ4v) is 3.16. The third-order valence-corrected chi connectivity index (χ3v) is 4.77. The molecule has 0 spiro atoms. The molecule has 1 amide bonds. The minimum absolute atomic E-state index is 0.0161. The van der Waals surface area contributed by atoms with Crippen molar-refractivity contribution in [1.29, 1.82) is 0 Å². The number of anilines is 1. The van der Waals surface area contributed by atoms with Gasteiger partial charge in [-0.3, -0.25) is 9.48 Å². The molecule has 0 aliphatic carbocycles. The lowest BCUT2D eigenvalue weighted by Crippen LogP contribution is -2.17. The maximum absolute atomic E-state index is 13.1. The molecule has 9 heteroatoms. The van der Waals surface area contributed by atoms with E-state index in [-0.39, 0.29) is 17.9 Å². The van der Waals surface area contributed by atoms with Gasteiger partial charge in [0, 0.05) is 21.3 Å². The Labute approximate surface area is 168 Å². The second-order valence-electron chi connectivity index (χ2n) is 6.03. The highest BCUT2D eigenvalue weighted by atomic mass is 35.5. The van der Waals surface area contributed by atoms with Crippen LogP contribution in [0.25, 0.3) is 0 Å². The molecule has 3 rings (SSSR count). The number of halogens is 5. The zero-order valence-corrected chi connectivity index (χ0v) is 16.0. The van der Waals surface area contributed by atoms with Crippen LogP contribution in [-0.2, 0) is 12.7 Å². The van der Waals surface area contributed by atoms with Crippen molar-refractivity contribution in [2.24, 2.45) is 0 Å². The molecule has 0 bridgehead atoms. The van der Waals surface area contributed by atoms with Crippen molar-refractivity contribution in [2.45, 2.75) is 19.6 Å². The molecule has 28 heavy (non-hydrogen) atoms. The van der Waals surface area contributed by atoms with Crippen molar-refractivity contribution in [1.82, 2.24) is 9.78 Å². The van der Waals surface area contributed by atoms with Gasteiger partial charge in [-0.15, -0.1) is 0 Å². The fraction of sp³-hybridized carbons (Fsp3) is 0.158. The predicted octanol–water partition coefficient (Wildman–Crippen LogP) is 5.82. The topological polar surface area (TPSA) is 46.9 Å². The first kappa shape index (κ1) is 20.2. The minimum atomic E-state index is -4.58. The van der Waals surface area contributed by atoms with Gasteiger partial charge in [0.2, 0.25) is 0 Å². The van der Waals surface area contributed by atoms with Gasteiger partial charge in [-0.25, -0.2) is 0 Å². The Morgan fingerprint density at radius 2 is 1.75 bits per heavy atom. The number of hydrogen-bond acceptors (Lipinski definition) is 2. The number of carbonyl (C=O) groups is 1. The molecule has 0 aliphatic rings. The van der Waals surface area contributed by atoms with E-state index in [1.54, 1.807) is 25.1 Å². The summed E-state index contributed by atoms with van der Waals surface area (Å²) >= 11 is 12.3. The molecule has 0 fully saturated rings. The van der Waals surface area contributed by atoms with Gasteiger partial charge < -0.3 is 5.32 Å². The van der Waals surface area contributed by atoms with Crippen molar-refractivity contribution in [3.8, 4) is 0 Å². The molecule has 1 N–H and O–H groups in total. The molecule has 0 radical (unpaired) electrons. The summed E-state index contributed by atoms with van der Waals surface area (Å²) in [6, 6.07) is 11.3. The molecule has 1 aromatic heterocycles. The van der Waals surface area contributed by atoms with Crippen LogP contribution in [0.15, 0.2) is 48.5 Å². The van der Waals surface area contributed by atoms with Crippen LogP contribution in [0.1, 0.15) is 27.3 Å². The summed E-state index contributed by atoms with van der Waals surface area (Å²) in [7, 11) is 0. The summed E-state index contributed by atoms with van der Waals surface area (Å²) in [5, 5.41) is 7.36. The Morgan fingerprint density at radius 1 is 1.11 bits per heavy atom. The molecule has 4 nitrogen and oxygen atoms in total. The Bertz CT molecular complexity index is 1010. The van der Waals surface area contributed by atoms with E-state index in [1.807, 2.05) is 0 Å². The lowest BCUT2D eigenvalue weighted by Gasteiger charge is -2.12. The van der Waals surface area contributed by atoms with Gasteiger partial charge in [0.05, 0.1) is 17.8 Å². The fourth-order valence-electron chi connectivity index (χ4n) is 2.64. The summed E-state index contributed by atoms with van der Waals surface area (Å²) in [5.74, 6) is -0.746. The average Bonchev–Trinajstić information content (AvgIpc) is 2.99. The highest BCUT2D eigenvalue weighted by Gasteiger charge is 2.33. The molecule has 0 saturated carbocycles. The predicted molar refractivity (Wildman–Crippen MR) is 102 cm³/mol. The number of aromatic nitrogens is 2. The van der Waals surface area contributed by atoms with Crippen LogP contribution >= 0.6 is 23.2 Å². The highest BCUT2D eigenvalue weighted by molar-refractivity contribution is 6.35. The summed E-state index contributed by atoms with van der Waals surface area (Å²) in [6.07, 6.45) is -4.58. The molecule has 0 saturated heterocycles. The maximum Gasteiger partial charge on any atom is 0.418 e. The molecular formula is C19H14Cl2F3N3O. The number of aryl methyl sites for hydroxylation is 1. The Balaban J connectivity index is 1.85. The molecular weight excluding hydrogens is 414 g/mol. The number of para-hydroxylation sites is 1. The van der Waals surface area contributed by atoms with Crippen LogP contribution < -0.4 is 5.32 Å². The van der Waals surface area contributed by atoms with Crippen LogP contribution in [0.4, 0.5) is 18.9 Å². The maximum atomic E-state index is 13.1. The lowest BCUT2D eigenvalue weighted by atomic mass is 10.1. The first-order valence-electron chi connectivity index (χ1n) is 8.11. The quantitative estimate of drug-likeness (QED) is 0.570. The van der Waals surface area contributed by atoms with Gasteiger partial charge in [-0.1, -0.05) is 41.4 Å². The minimum Gasteiger partial charge on any atom is -0.320 e. The van der Waals surface area contributed by atoms with Crippen LogP contribution in [0, 0.1) is 6.92 Å². The number of rotatable bonds is 4. The number of amides is 1. The van der Waals surface area contributed by atoms with E-state index in [2.05, 4.69) is 10.4 Å². The first-order chi connectivity index (χ1) is 13.2. The number of carbonyl (C=O) groups excluding carboxylic acids is 1. The summed E-state index contributed by atoms with van der Waals surface area (Å²) in [4.78, 5) is 12.4. The van der Waals surface area contributed by atoms with E-state index in [9.17, 15) is 18.0 Å². The van der Waals surface area contributed by atoms with Gasteiger partial charge in [0.15, 0.2) is 5.69 Å². The smallest absolute Gasteiger partial charge is 0.320 e. The SMILES string of the molecule is Cc1cc(C(=O)Nc2ccccc2C(F)(F)F)nn1Cc1c(Cl)cccc1Cl. The van der Waals surface area contributed by atoms with E-state index in [0.717, 1.165) is 6.07 Å². The first-order valence-corrected chi connectivity index (χ1v) is 8.87. The number of nitrogens with zero attached hydrogens (tertiary/aromatic N) is 2. The van der Waals surface area contributed by atoms with Crippen molar-refractivity contribution in [2.75, 3.05) is 5.32 Å². The third kappa shape index (κ3) is 4.31. The third-order valence-electron chi connectivity index (χ3n) is 4.06. The Morgan fingerprint density at radius 3 is 2.39 bits per heavy atom. The molecule has 1 heterocycles. The standard InChI is InChI=1S/C19H14Cl2F3N3O/c1-11-9-17(26-27(11)10-12-14(20)6-4-7-15(12)21)18(28)25-16-8-3-2-5-13(16)19(22,23)24/h2-9H,10H2,1H3,(H,25,28). The summed E-state index contributed by atoms with van der Waals surface area (Å²) in [6.45, 7) is 1.94. The van der Waals surface area contributed by atoms with Crippen molar-refractivity contribution in [3.05, 3.63) is 81.1 Å². The van der Waals surface area contributed by atoms with Crippen molar-refractivity contribution >= 4 is 34.8 Å². The van der Waals surface area contributed by atoms with Crippen LogP contribution in [-0.4, -0.2) is 15.7 Å². The van der Waals surface area contributed by atoms with Crippen LogP contribution in [0.2, 0.25) is 10.0 Å². The second kappa shape index (κ2) is 7.85. The van der Waals surface area contributed by atoms with E-state index >= 15 is 0 Å². The normalized spacial score (nSPS) is 11.5.